The van der Waals surface area contributed by atoms with Crippen LogP contribution in [0.5, 0.6) is 5.75 Å². The van der Waals surface area contributed by atoms with Crippen molar-refractivity contribution in [2.24, 2.45) is 0 Å². The molecule has 0 saturated heterocycles. The van der Waals surface area contributed by atoms with E-state index >= 15 is 0 Å². The van der Waals surface area contributed by atoms with Crippen molar-refractivity contribution in [3.8, 4) is 5.75 Å². The Morgan fingerprint density at radius 2 is 2.39 bits per heavy atom. The smallest absolute Gasteiger partial charge is 0.345 e. The third-order valence-electron chi connectivity index (χ3n) is 3.62. The van der Waals surface area contributed by atoms with E-state index < -0.39 is 0 Å². The highest BCUT2D eigenvalue weighted by Crippen LogP contribution is 2.39. The number of hydrogen-bond acceptors (Lipinski definition) is 2. The highest BCUT2D eigenvalue weighted by molar-refractivity contribution is 5.79. The zero-order valence-corrected chi connectivity index (χ0v) is 10.3. The number of amides is 2. The third-order valence-corrected chi connectivity index (χ3v) is 3.62. The Morgan fingerprint density at radius 1 is 1.50 bits per heavy atom. The van der Waals surface area contributed by atoms with E-state index in [1.54, 1.807) is 13.3 Å². The summed E-state index contributed by atoms with van der Waals surface area (Å²) < 4.78 is 5.27. The van der Waals surface area contributed by atoms with Crippen molar-refractivity contribution in [1.82, 2.24) is 10.6 Å². The Kier molecular flexibility index (Phi) is 2.70. The number of nitrogens with zero attached hydrogens (tertiary/aromatic N) is 1. The van der Waals surface area contributed by atoms with E-state index in [0.29, 0.717) is 5.92 Å². The van der Waals surface area contributed by atoms with E-state index in [1.807, 2.05) is 6.07 Å². The molecule has 1 aliphatic heterocycles. The van der Waals surface area contributed by atoms with Crippen molar-refractivity contribution < 1.29 is 9.53 Å². The van der Waals surface area contributed by atoms with E-state index in [2.05, 4.69) is 22.8 Å². The van der Waals surface area contributed by atoms with Crippen LogP contribution >= 0.6 is 0 Å². The zero-order valence-electron chi connectivity index (χ0n) is 10.3. The maximum absolute atomic E-state index is 11.0. The quantitative estimate of drug-likeness (QED) is 0.885. The first-order chi connectivity index (χ1) is 8.76. The van der Waals surface area contributed by atoms with Gasteiger partial charge in [-0.05, 0) is 48.4 Å². The lowest BCUT2D eigenvalue weighted by atomic mass is 9.96. The summed E-state index contributed by atoms with van der Waals surface area (Å²) in [6.45, 7) is 0. The van der Waals surface area contributed by atoms with Crippen LogP contribution < -0.4 is 15.4 Å². The minimum Gasteiger partial charge on any atom is -0.497 e. The number of carbonyl (C=O) groups is 1. The Balaban J connectivity index is 1.79. The molecule has 18 heavy (non-hydrogen) atoms. The van der Waals surface area contributed by atoms with Crippen LogP contribution in [0.4, 0.5) is 4.79 Å². The monoisotopic (exact) mass is 243 g/mol. The number of nitrogens with one attached hydrogen (secondary N) is 1. The molecule has 0 bridgehead atoms. The summed E-state index contributed by atoms with van der Waals surface area (Å²) in [4.78, 5) is 11.0. The molecule has 1 N–H and O–H groups in total. The average Bonchev–Trinajstić information content (AvgIpc) is 2.96. The van der Waals surface area contributed by atoms with E-state index in [0.717, 1.165) is 30.7 Å². The lowest BCUT2D eigenvalue weighted by Crippen LogP contribution is -2.16. The van der Waals surface area contributed by atoms with Crippen LogP contribution in [0, 0.1) is 0 Å². The van der Waals surface area contributed by atoms with Gasteiger partial charge in [0, 0.05) is 6.20 Å². The fourth-order valence-electron chi connectivity index (χ4n) is 2.70. The topological polar surface area (TPSA) is 52.4 Å². The molecule has 1 radical (unpaired) electrons. The largest absolute Gasteiger partial charge is 0.497 e. The zero-order chi connectivity index (χ0) is 12.5. The molecule has 1 atom stereocenters. The van der Waals surface area contributed by atoms with Crippen LogP contribution in [0.25, 0.3) is 0 Å². The summed E-state index contributed by atoms with van der Waals surface area (Å²) in [6, 6.07) is 6.00. The molecule has 1 aromatic carbocycles. The normalized spacial score (nSPS) is 21.1. The summed E-state index contributed by atoms with van der Waals surface area (Å²) in [5, 5.41) is 6.55. The van der Waals surface area contributed by atoms with E-state index in [1.165, 1.54) is 11.1 Å². The first kappa shape index (κ1) is 11.1. The number of rotatable bonds is 3. The minimum absolute atomic E-state index is 0.256. The fraction of sp³-hybridized carbons (Fsp3) is 0.357. The van der Waals surface area contributed by atoms with Crippen LogP contribution in [-0.2, 0) is 6.42 Å². The molecule has 2 amide bonds. The van der Waals surface area contributed by atoms with Crippen molar-refractivity contribution >= 4 is 6.03 Å². The second-order valence-corrected chi connectivity index (χ2v) is 4.70. The number of ether oxygens (including phenoxy) is 1. The van der Waals surface area contributed by atoms with Gasteiger partial charge in [0.15, 0.2) is 0 Å². The van der Waals surface area contributed by atoms with Gasteiger partial charge in [-0.2, -0.15) is 5.32 Å². The molecule has 2 aliphatic rings. The van der Waals surface area contributed by atoms with Crippen LogP contribution in [-0.4, -0.2) is 13.1 Å². The predicted octanol–water partition coefficient (Wildman–Crippen LogP) is 2.28. The number of benzene rings is 1. The number of fused-ring (bicyclic) bond motifs is 1. The molecule has 4 heteroatoms. The van der Waals surface area contributed by atoms with Crippen molar-refractivity contribution in [2.45, 2.75) is 25.2 Å². The molecule has 0 fully saturated rings. The molecule has 1 aromatic rings. The molecule has 0 saturated carbocycles. The molecular formula is C14H15N2O2. The molecule has 1 heterocycles. The van der Waals surface area contributed by atoms with Gasteiger partial charge in [-0.25, -0.2) is 4.79 Å². The summed E-state index contributed by atoms with van der Waals surface area (Å²) in [5.74, 6) is 1.34. The highest BCUT2D eigenvalue weighted by atomic mass is 16.5. The summed E-state index contributed by atoms with van der Waals surface area (Å²) in [6.07, 6.45) is 4.74. The Hall–Kier alpha value is -1.97. The van der Waals surface area contributed by atoms with Crippen molar-refractivity contribution in [1.29, 1.82) is 0 Å². The highest BCUT2D eigenvalue weighted by Gasteiger charge is 2.26. The molecule has 93 valence electrons. The lowest BCUT2D eigenvalue weighted by molar-refractivity contribution is 0.248. The number of urea groups is 1. The second kappa shape index (κ2) is 4.37. The second-order valence-electron chi connectivity index (χ2n) is 4.70. The van der Waals surface area contributed by atoms with Crippen molar-refractivity contribution in [2.75, 3.05) is 7.11 Å². The molecule has 0 aromatic heterocycles. The van der Waals surface area contributed by atoms with Crippen molar-refractivity contribution in [3.05, 3.63) is 41.2 Å². The molecule has 1 unspecified atom stereocenters. The number of allylic oxidation sites excluding steroid dienone is 1. The first-order valence-corrected chi connectivity index (χ1v) is 6.14. The maximum atomic E-state index is 11.0. The summed E-state index contributed by atoms with van der Waals surface area (Å²) >= 11 is 0. The summed E-state index contributed by atoms with van der Waals surface area (Å²) in [5.41, 5.74) is 3.57. The molecular weight excluding hydrogens is 228 g/mol. The van der Waals surface area contributed by atoms with Gasteiger partial charge in [0.1, 0.15) is 5.75 Å². The summed E-state index contributed by atoms with van der Waals surface area (Å²) in [7, 11) is 1.68. The molecule has 4 nitrogen and oxygen atoms in total. The van der Waals surface area contributed by atoms with Gasteiger partial charge in [-0.15, -0.1) is 0 Å². The van der Waals surface area contributed by atoms with E-state index in [-0.39, 0.29) is 6.03 Å². The molecule has 3 rings (SSSR count). The standard InChI is InChI=1S/C14H15N2O2/c1-18-12-5-4-9-2-3-10(13(9)7-12)6-11-8-15-14(17)16-11/h4-5,7-8,10H,2-3,6H2,1H3,(H,15,17). The van der Waals surface area contributed by atoms with Crippen molar-refractivity contribution in [3.63, 3.8) is 0 Å². The average molecular weight is 243 g/mol. The van der Waals surface area contributed by atoms with Crippen LogP contribution in [0.15, 0.2) is 30.1 Å². The van der Waals surface area contributed by atoms with Gasteiger partial charge < -0.3 is 10.1 Å². The predicted molar refractivity (Wildman–Crippen MR) is 67.4 cm³/mol. The van der Waals surface area contributed by atoms with Gasteiger partial charge in [0.25, 0.3) is 0 Å². The minimum atomic E-state index is -0.256. The first-order valence-electron chi connectivity index (χ1n) is 6.14. The SMILES string of the molecule is COc1ccc2c(c1)C(CC1=CNC(=O)[N]1)CC2. The fourth-order valence-corrected chi connectivity index (χ4v) is 2.70. The Morgan fingerprint density at radius 3 is 3.11 bits per heavy atom. The number of aryl methyl sites for hydroxylation is 1. The van der Waals surface area contributed by atoms with Crippen LogP contribution in [0.3, 0.4) is 0 Å². The van der Waals surface area contributed by atoms with Gasteiger partial charge in [-0.1, -0.05) is 6.07 Å². The van der Waals surface area contributed by atoms with E-state index in [9.17, 15) is 4.79 Å². The Labute approximate surface area is 106 Å². The van der Waals surface area contributed by atoms with Crippen LogP contribution in [0.1, 0.15) is 29.9 Å². The van der Waals surface area contributed by atoms with E-state index in [4.69, 9.17) is 4.74 Å². The van der Waals surface area contributed by atoms with Gasteiger partial charge in [0.2, 0.25) is 0 Å². The number of carbonyl (C=O) groups excluding carboxylic acids is 1. The molecule has 0 spiro atoms. The van der Waals surface area contributed by atoms with Crippen LogP contribution in [0.2, 0.25) is 0 Å². The third kappa shape index (κ3) is 1.94. The Bertz CT molecular complexity index is 523. The van der Waals surface area contributed by atoms with Gasteiger partial charge in [0.05, 0.1) is 12.8 Å². The number of methoxy groups -OCH3 is 1. The lowest BCUT2D eigenvalue weighted by Gasteiger charge is -2.12. The van der Waals surface area contributed by atoms with Gasteiger partial charge >= 0.3 is 6.03 Å². The number of hydrogen-bond donors (Lipinski definition) is 1. The maximum Gasteiger partial charge on any atom is 0.345 e. The molecule has 1 aliphatic carbocycles. The van der Waals surface area contributed by atoms with Gasteiger partial charge in [-0.3, -0.25) is 0 Å².